The summed E-state index contributed by atoms with van der Waals surface area (Å²) in [7, 11) is 0. The van der Waals surface area contributed by atoms with Crippen LogP contribution < -0.4 is 5.69 Å². The van der Waals surface area contributed by atoms with E-state index in [1.165, 1.54) is 11.3 Å². The Labute approximate surface area is 157 Å². The number of hydrogen-bond donors (Lipinski definition) is 0. The molecule has 1 aliphatic carbocycles. The van der Waals surface area contributed by atoms with Crippen LogP contribution in [0.5, 0.6) is 0 Å². The molecule has 2 aromatic heterocycles. The molecular formula is C18H26N4OS2. The summed E-state index contributed by atoms with van der Waals surface area (Å²) in [5.41, 5.74) is 3.48. The molecule has 2 heterocycles. The first kappa shape index (κ1) is 18.6. The second kappa shape index (κ2) is 8.47. The van der Waals surface area contributed by atoms with Crippen LogP contribution in [0, 0.1) is 6.92 Å². The molecule has 0 spiro atoms. The summed E-state index contributed by atoms with van der Waals surface area (Å²) >= 11 is 3.33. The molecule has 0 aliphatic heterocycles. The van der Waals surface area contributed by atoms with Gasteiger partial charge in [0.2, 0.25) is 0 Å². The molecule has 7 heteroatoms. The maximum atomic E-state index is 12.6. The Morgan fingerprint density at radius 1 is 1.28 bits per heavy atom. The standard InChI is InChI=1S/C18H26N4OS2/c1-4-21(5-2)9-10-22-16-8-6-7-15(16)17(20-18(22)23)25-12-14-11-24-13(3)19-14/h11H,4-10,12H2,1-3H3. The van der Waals surface area contributed by atoms with E-state index in [9.17, 15) is 4.79 Å². The summed E-state index contributed by atoms with van der Waals surface area (Å²) in [5.74, 6) is 0.784. The van der Waals surface area contributed by atoms with Crippen LogP contribution >= 0.6 is 23.1 Å². The van der Waals surface area contributed by atoms with Crippen LogP contribution in [0.4, 0.5) is 0 Å². The molecule has 2 aromatic rings. The van der Waals surface area contributed by atoms with Crippen molar-refractivity contribution < 1.29 is 0 Å². The van der Waals surface area contributed by atoms with Gasteiger partial charge in [0.1, 0.15) is 5.03 Å². The number of rotatable bonds is 8. The molecule has 0 saturated carbocycles. The minimum atomic E-state index is -0.0928. The van der Waals surface area contributed by atoms with Gasteiger partial charge in [0, 0.05) is 35.5 Å². The van der Waals surface area contributed by atoms with Crippen molar-refractivity contribution in [3.8, 4) is 0 Å². The fourth-order valence-electron chi connectivity index (χ4n) is 3.33. The highest BCUT2D eigenvalue weighted by Crippen LogP contribution is 2.31. The van der Waals surface area contributed by atoms with Crippen LogP contribution in [0.15, 0.2) is 15.2 Å². The summed E-state index contributed by atoms with van der Waals surface area (Å²) in [4.78, 5) is 23.9. The quantitative estimate of drug-likeness (QED) is 0.522. The number of hydrogen-bond acceptors (Lipinski definition) is 6. The van der Waals surface area contributed by atoms with Gasteiger partial charge in [-0.05, 0) is 39.3 Å². The Morgan fingerprint density at radius 3 is 2.76 bits per heavy atom. The van der Waals surface area contributed by atoms with Crippen molar-refractivity contribution >= 4 is 23.1 Å². The summed E-state index contributed by atoms with van der Waals surface area (Å²) in [6.07, 6.45) is 3.15. The van der Waals surface area contributed by atoms with Gasteiger partial charge < -0.3 is 4.90 Å². The Hall–Kier alpha value is -1.18. The van der Waals surface area contributed by atoms with E-state index in [0.29, 0.717) is 0 Å². The normalized spacial score (nSPS) is 13.6. The number of likely N-dealkylation sites (N-methyl/N-ethyl adjacent to an activating group) is 1. The highest BCUT2D eigenvalue weighted by Gasteiger charge is 2.22. The van der Waals surface area contributed by atoms with Gasteiger partial charge in [0.25, 0.3) is 0 Å². The summed E-state index contributed by atoms with van der Waals surface area (Å²) < 4.78 is 1.91. The molecule has 0 amide bonds. The van der Waals surface area contributed by atoms with Gasteiger partial charge in [-0.2, -0.15) is 4.98 Å². The summed E-state index contributed by atoms with van der Waals surface area (Å²) in [6.45, 7) is 10.0. The van der Waals surface area contributed by atoms with E-state index >= 15 is 0 Å². The first-order valence-electron chi connectivity index (χ1n) is 9.01. The number of nitrogens with zero attached hydrogens (tertiary/aromatic N) is 4. The lowest BCUT2D eigenvalue weighted by Gasteiger charge is -2.20. The average molecular weight is 379 g/mol. The molecule has 5 nitrogen and oxygen atoms in total. The highest BCUT2D eigenvalue weighted by molar-refractivity contribution is 7.98. The second-order valence-corrected chi connectivity index (χ2v) is 8.33. The Bertz CT molecular complexity index is 780. The SMILES string of the molecule is CCN(CC)CCn1c2c(c(SCc3csc(C)n3)nc1=O)CCC2. The van der Waals surface area contributed by atoms with Crippen molar-refractivity contribution in [2.24, 2.45) is 0 Å². The molecule has 0 saturated heterocycles. The number of thioether (sulfide) groups is 1. The van der Waals surface area contributed by atoms with E-state index in [-0.39, 0.29) is 5.69 Å². The van der Waals surface area contributed by atoms with Crippen LogP contribution in [0.2, 0.25) is 0 Å². The van der Waals surface area contributed by atoms with Crippen molar-refractivity contribution in [1.82, 2.24) is 19.4 Å². The van der Waals surface area contributed by atoms with Crippen LogP contribution in [0.25, 0.3) is 0 Å². The Morgan fingerprint density at radius 2 is 2.08 bits per heavy atom. The van der Waals surface area contributed by atoms with Crippen LogP contribution in [-0.4, -0.2) is 39.1 Å². The topological polar surface area (TPSA) is 51.0 Å². The predicted molar refractivity (Wildman–Crippen MR) is 105 cm³/mol. The van der Waals surface area contributed by atoms with E-state index in [1.807, 2.05) is 11.5 Å². The van der Waals surface area contributed by atoms with Gasteiger partial charge in [-0.1, -0.05) is 25.6 Å². The van der Waals surface area contributed by atoms with Crippen LogP contribution in [0.1, 0.15) is 42.2 Å². The number of fused-ring (bicyclic) bond motifs is 1. The molecule has 0 N–H and O–H groups in total. The molecule has 0 unspecified atom stereocenters. The summed E-state index contributed by atoms with van der Waals surface area (Å²) in [5, 5.41) is 4.09. The van der Waals surface area contributed by atoms with Gasteiger partial charge >= 0.3 is 5.69 Å². The number of thiazole rings is 1. The third kappa shape index (κ3) is 4.33. The molecule has 0 aromatic carbocycles. The molecule has 1 aliphatic rings. The van der Waals surface area contributed by atoms with Crippen molar-refractivity contribution in [1.29, 1.82) is 0 Å². The molecule has 136 valence electrons. The van der Waals surface area contributed by atoms with Gasteiger partial charge in [-0.25, -0.2) is 9.78 Å². The average Bonchev–Trinajstić information content (AvgIpc) is 3.24. The zero-order valence-corrected chi connectivity index (χ0v) is 16.9. The first-order chi connectivity index (χ1) is 12.1. The maximum Gasteiger partial charge on any atom is 0.348 e. The van der Waals surface area contributed by atoms with E-state index in [4.69, 9.17) is 0 Å². The minimum absolute atomic E-state index is 0.0928. The van der Waals surface area contributed by atoms with Crippen molar-refractivity contribution in [2.75, 3.05) is 19.6 Å². The molecular weight excluding hydrogens is 352 g/mol. The summed E-state index contributed by atoms with van der Waals surface area (Å²) in [6, 6.07) is 0. The minimum Gasteiger partial charge on any atom is -0.302 e. The van der Waals surface area contributed by atoms with E-state index in [0.717, 1.165) is 66.9 Å². The van der Waals surface area contributed by atoms with Crippen molar-refractivity contribution in [3.63, 3.8) is 0 Å². The monoisotopic (exact) mass is 378 g/mol. The predicted octanol–water partition coefficient (Wildman–Crippen LogP) is 3.13. The lowest BCUT2D eigenvalue weighted by molar-refractivity contribution is 0.286. The molecule has 25 heavy (non-hydrogen) atoms. The van der Waals surface area contributed by atoms with Gasteiger partial charge in [-0.3, -0.25) is 4.57 Å². The fraction of sp³-hybridized carbons (Fsp3) is 0.611. The number of aromatic nitrogens is 3. The van der Waals surface area contributed by atoms with E-state index < -0.39 is 0 Å². The van der Waals surface area contributed by atoms with Gasteiger partial charge in [-0.15, -0.1) is 11.3 Å². The van der Waals surface area contributed by atoms with Crippen LogP contribution in [-0.2, 0) is 25.1 Å². The third-order valence-electron chi connectivity index (χ3n) is 4.76. The molecule has 0 fully saturated rings. The smallest absolute Gasteiger partial charge is 0.302 e. The lowest BCUT2D eigenvalue weighted by atomic mass is 10.2. The zero-order chi connectivity index (χ0) is 17.8. The maximum absolute atomic E-state index is 12.6. The Balaban J connectivity index is 1.79. The zero-order valence-electron chi connectivity index (χ0n) is 15.2. The fourth-order valence-corrected chi connectivity index (χ4v) is 5.02. The van der Waals surface area contributed by atoms with Crippen molar-refractivity contribution in [2.45, 2.75) is 57.4 Å². The lowest BCUT2D eigenvalue weighted by Crippen LogP contribution is -2.33. The largest absolute Gasteiger partial charge is 0.348 e. The Kier molecular flexibility index (Phi) is 6.30. The van der Waals surface area contributed by atoms with Crippen molar-refractivity contribution in [3.05, 3.63) is 37.8 Å². The number of aryl methyl sites for hydroxylation is 1. The van der Waals surface area contributed by atoms with Gasteiger partial charge in [0.05, 0.1) is 10.7 Å². The third-order valence-corrected chi connectivity index (χ3v) is 6.63. The molecule has 0 bridgehead atoms. The van der Waals surface area contributed by atoms with Gasteiger partial charge in [0.15, 0.2) is 0 Å². The first-order valence-corrected chi connectivity index (χ1v) is 10.9. The second-order valence-electron chi connectivity index (χ2n) is 6.30. The molecule has 0 radical (unpaired) electrons. The van der Waals surface area contributed by atoms with Crippen LogP contribution in [0.3, 0.4) is 0 Å². The molecule has 0 atom stereocenters. The molecule has 3 rings (SSSR count). The highest BCUT2D eigenvalue weighted by atomic mass is 32.2. The van der Waals surface area contributed by atoms with E-state index in [1.54, 1.807) is 23.1 Å². The van der Waals surface area contributed by atoms with E-state index in [2.05, 4.69) is 34.1 Å².